The molecule has 0 N–H and O–H groups in total. The highest BCUT2D eigenvalue weighted by molar-refractivity contribution is 5.07. The first-order chi connectivity index (χ1) is 7.85. The molecule has 1 atom stereocenters. The van der Waals surface area contributed by atoms with Crippen LogP contribution in [0.15, 0.2) is 0 Å². The predicted octanol–water partition coefficient (Wildman–Crippen LogP) is 2.35. The average molecular weight is 222 g/mol. The van der Waals surface area contributed by atoms with Crippen molar-refractivity contribution < 1.29 is 0 Å². The highest BCUT2D eigenvalue weighted by Gasteiger charge is 2.51. The summed E-state index contributed by atoms with van der Waals surface area (Å²) >= 11 is 0. The Morgan fingerprint density at radius 2 is 2.00 bits per heavy atom. The molecule has 1 unspecified atom stereocenters. The molecule has 2 nitrogen and oxygen atoms in total. The van der Waals surface area contributed by atoms with Crippen LogP contribution in [0.5, 0.6) is 0 Å². The van der Waals surface area contributed by atoms with Crippen LogP contribution >= 0.6 is 0 Å². The van der Waals surface area contributed by atoms with Crippen LogP contribution < -0.4 is 0 Å². The van der Waals surface area contributed by atoms with Crippen LogP contribution in [0.4, 0.5) is 0 Å². The average Bonchev–Trinajstić information content (AvgIpc) is 2.71. The van der Waals surface area contributed by atoms with Gasteiger partial charge in [0.05, 0.1) is 0 Å². The lowest BCUT2D eigenvalue weighted by atomic mass is 9.71. The van der Waals surface area contributed by atoms with Crippen molar-refractivity contribution in [3.63, 3.8) is 0 Å². The molecule has 4 aliphatic heterocycles. The first-order valence-electron chi connectivity index (χ1n) is 7.32. The fraction of sp³-hybridized carbons (Fsp3) is 1.00. The van der Waals surface area contributed by atoms with E-state index in [0.29, 0.717) is 5.54 Å². The predicted molar refractivity (Wildman–Crippen MR) is 67.6 cm³/mol. The second-order valence-corrected chi connectivity index (χ2v) is 6.10. The van der Waals surface area contributed by atoms with E-state index in [9.17, 15) is 0 Å². The van der Waals surface area contributed by atoms with Crippen molar-refractivity contribution in [2.75, 3.05) is 32.7 Å². The molecule has 1 spiro atoms. The van der Waals surface area contributed by atoms with Gasteiger partial charge in [0.2, 0.25) is 0 Å². The molecule has 0 aliphatic carbocycles. The van der Waals surface area contributed by atoms with Gasteiger partial charge in [-0.05, 0) is 64.2 Å². The summed E-state index contributed by atoms with van der Waals surface area (Å²) in [5.74, 6) is 1.02. The minimum absolute atomic E-state index is 0.617. The van der Waals surface area contributed by atoms with Crippen LogP contribution in [-0.2, 0) is 0 Å². The second-order valence-electron chi connectivity index (χ2n) is 6.10. The smallest absolute Gasteiger partial charge is 0.0365 e. The monoisotopic (exact) mass is 222 g/mol. The summed E-state index contributed by atoms with van der Waals surface area (Å²) in [5, 5.41) is 0. The highest BCUT2D eigenvalue weighted by atomic mass is 15.3. The Kier molecular flexibility index (Phi) is 2.97. The van der Waals surface area contributed by atoms with Gasteiger partial charge >= 0.3 is 0 Å². The second kappa shape index (κ2) is 4.30. The summed E-state index contributed by atoms with van der Waals surface area (Å²) in [6.45, 7) is 9.22. The standard InChI is InChI=1S/C14H26N2/c1-2-3-8-16-9-4-7-14(16)12-15-10-5-13(14)6-11-15/h13H,2-12H2,1H3. The summed E-state index contributed by atoms with van der Waals surface area (Å²) in [6.07, 6.45) is 8.63. The van der Waals surface area contributed by atoms with Gasteiger partial charge in [-0.2, -0.15) is 0 Å². The number of rotatable bonds is 3. The fourth-order valence-corrected chi connectivity index (χ4v) is 4.43. The van der Waals surface area contributed by atoms with Crippen molar-refractivity contribution in [1.29, 1.82) is 0 Å². The molecule has 0 aromatic rings. The van der Waals surface area contributed by atoms with Crippen molar-refractivity contribution in [3.05, 3.63) is 0 Å². The van der Waals surface area contributed by atoms with Crippen LogP contribution in [0.25, 0.3) is 0 Å². The lowest BCUT2D eigenvalue weighted by Gasteiger charge is -2.55. The van der Waals surface area contributed by atoms with Crippen molar-refractivity contribution in [2.45, 2.75) is 51.0 Å². The Labute approximate surface area is 100.0 Å². The fourth-order valence-electron chi connectivity index (χ4n) is 4.43. The molecule has 4 saturated heterocycles. The molecule has 4 aliphatic rings. The molecule has 4 heterocycles. The molecule has 16 heavy (non-hydrogen) atoms. The largest absolute Gasteiger partial charge is 0.301 e. The Balaban J connectivity index is 1.75. The molecule has 92 valence electrons. The normalized spacial score (nSPS) is 43.3. The van der Waals surface area contributed by atoms with E-state index in [1.54, 1.807) is 0 Å². The zero-order valence-corrected chi connectivity index (χ0v) is 10.7. The van der Waals surface area contributed by atoms with Gasteiger partial charge < -0.3 is 4.90 Å². The van der Waals surface area contributed by atoms with Gasteiger partial charge in [-0.1, -0.05) is 13.3 Å². The molecule has 2 bridgehead atoms. The minimum atomic E-state index is 0.617. The quantitative estimate of drug-likeness (QED) is 0.723. The van der Waals surface area contributed by atoms with Gasteiger partial charge in [0.25, 0.3) is 0 Å². The molecule has 4 rings (SSSR count). The van der Waals surface area contributed by atoms with Gasteiger partial charge in [-0.3, -0.25) is 4.90 Å². The number of likely N-dealkylation sites (tertiary alicyclic amines) is 1. The van der Waals surface area contributed by atoms with Crippen molar-refractivity contribution in [1.82, 2.24) is 9.80 Å². The Hall–Kier alpha value is -0.0800. The summed E-state index contributed by atoms with van der Waals surface area (Å²) in [6, 6.07) is 0. The number of hydrogen-bond donors (Lipinski definition) is 0. The van der Waals surface area contributed by atoms with E-state index >= 15 is 0 Å². The van der Waals surface area contributed by atoms with Gasteiger partial charge in [0.15, 0.2) is 0 Å². The van der Waals surface area contributed by atoms with E-state index in [1.165, 1.54) is 71.2 Å². The third kappa shape index (κ3) is 1.62. The molecular weight excluding hydrogens is 196 g/mol. The summed E-state index contributed by atoms with van der Waals surface area (Å²) in [5.41, 5.74) is 0.617. The van der Waals surface area contributed by atoms with Gasteiger partial charge in [-0.25, -0.2) is 0 Å². The van der Waals surface area contributed by atoms with Crippen LogP contribution in [0.2, 0.25) is 0 Å². The first-order valence-corrected chi connectivity index (χ1v) is 7.32. The molecular formula is C14H26N2. The maximum absolute atomic E-state index is 2.87. The van der Waals surface area contributed by atoms with Crippen molar-refractivity contribution in [3.8, 4) is 0 Å². The number of nitrogens with zero attached hydrogens (tertiary/aromatic N) is 2. The zero-order valence-electron chi connectivity index (χ0n) is 10.7. The Morgan fingerprint density at radius 3 is 2.62 bits per heavy atom. The van der Waals surface area contributed by atoms with Crippen molar-refractivity contribution in [2.24, 2.45) is 5.92 Å². The van der Waals surface area contributed by atoms with E-state index in [0.717, 1.165) is 5.92 Å². The number of unbranched alkanes of at least 4 members (excludes halogenated alkanes) is 1. The summed E-state index contributed by atoms with van der Waals surface area (Å²) < 4.78 is 0. The third-order valence-electron chi connectivity index (χ3n) is 5.29. The summed E-state index contributed by atoms with van der Waals surface area (Å²) in [7, 11) is 0. The maximum atomic E-state index is 2.87. The first kappa shape index (κ1) is 11.0. The molecule has 0 saturated carbocycles. The maximum Gasteiger partial charge on any atom is 0.0365 e. The SMILES string of the molecule is CCCCN1CCCC12CN1CCC2CC1. The molecule has 0 amide bonds. The minimum Gasteiger partial charge on any atom is -0.301 e. The molecule has 4 fully saturated rings. The Bertz CT molecular complexity index is 245. The zero-order chi connectivity index (χ0) is 11.0. The van der Waals surface area contributed by atoms with Crippen molar-refractivity contribution >= 4 is 0 Å². The lowest BCUT2D eigenvalue weighted by Crippen LogP contribution is -2.64. The van der Waals surface area contributed by atoms with Gasteiger partial charge in [0, 0.05) is 12.1 Å². The lowest BCUT2D eigenvalue weighted by molar-refractivity contribution is -0.0510. The van der Waals surface area contributed by atoms with Crippen LogP contribution in [0.3, 0.4) is 0 Å². The topological polar surface area (TPSA) is 6.48 Å². The van der Waals surface area contributed by atoms with Crippen LogP contribution in [0.1, 0.15) is 45.4 Å². The third-order valence-corrected chi connectivity index (χ3v) is 5.29. The van der Waals surface area contributed by atoms with E-state index in [4.69, 9.17) is 0 Å². The molecule has 0 radical (unpaired) electrons. The highest BCUT2D eigenvalue weighted by Crippen LogP contribution is 2.45. The number of fused-ring (bicyclic) bond motifs is 2. The van der Waals surface area contributed by atoms with Crippen LogP contribution in [-0.4, -0.2) is 48.1 Å². The van der Waals surface area contributed by atoms with Crippen LogP contribution in [0, 0.1) is 5.92 Å². The van der Waals surface area contributed by atoms with E-state index in [1.807, 2.05) is 0 Å². The number of piperidine rings is 3. The van der Waals surface area contributed by atoms with Gasteiger partial charge in [-0.15, -0.1) is 0 Å². The Morgan fingerprint density at radius 1 is 1.19 bits per heavy atom. The summed E-state index contributed by atoms with van der Waals surface area (Å²) in [4.78, 5) is 5.59. The van der Waals surface area contributed by atoms with E-state index < -0.39 is 0 Å². The van der Waals surface area contributed by atoms with Gasteiger partial charge in [0.1, 0.15) is 0 Å². The van der Waals surface area contributed by atoms with E-state index in [2.05, 4.69) is 16.7 Å². The molecule has 0 aromatic carbocycles. The van der Waals surface area contributed by atoms with E-state index in [-0.39, 0.29) is 0 Å². The molecule has 0 aromatic heterocycles. The number of hydrogen-bond acceptors (Lipinski definition) is 2. The molecule has 2 heteroatoms.